The molecule has 1 aliphatic rings. The van der Waals surface area contributed by atoms with Crippen molar-refractivity contribution in [2.24, 2.45) is 0 Å². The lowest BCUT2D eigenvalue weighted by Gasteiger charge is -2.25. The van der Waals surface area contributed by atoms with Crippen LogP contribution in [0.1, 0.15) is 12.8 Å². The molecule has 0 saturated heterocycles. The third-order valence-corrected chi connectivity index (χ3v) is 2.37. The van der Waals surface area contributed by atoms with Gasteiger partial charge in [-0.15, -0.1) is 0 Å². The fourth-order valence-corrected chi connectivity index (χ4v) is 1.56. The summed E-state index contributed by atoms with van der Waals surface area (Å²) in [5.41, 5.74) is 1.43. The average molecular weight is 114 g/mol. The molecule has 0 amide bonds. The molecule has 40 valence electrons. The Balaban J connectivity index is 2.17. The molecule has 0 N–H and O–H groups in total. The summed E-state index contributed by atoms with van der Waals surface area (Å²) in [6.45, 7) is 3.85. The second-order valence-corrected chi connectivity index (χ2v) is 3.15. The van der Waals surface area contributed by atoms with Gasteiger partial charge in [0.25, 0.3) is 0 Å². The van der Waals surface area contributed by atoms with E-state index in [4.69, 9.17) is 0 Å². The van der Waals surface area contributed by atoms with Gasteiger partial charge in [-0.3, -0.25) is 0 Å². The molecule has 1 fully saturated rings. The summed E-state index contributed by atoms with van der Waals surface area (Å²) < 4.78 is 0. The second-order valence-electron chi connectivity index (χ2n) is 2.02. The second kappa shape index (κ2) is 1.91. The van der Waals surface area contributed by atoms with E-state index in [0.717, 1.165) is 5.25 Å². The summed E-state index contributed by atoms with van der Waals surface area (Å²) in [7, 11) is 0. The van der Waals surface area contributed by atoms with Gasteiger partial charge in [0.1, 0.15) is 0 Å². The van der Waals surface area contributed by atoms with Gasteiger partial charge in [0.2, 0.25) is 0 Å². The molecule has 0 heterocycles. The fourth-order valence-electron chi connectivity index (χ4n) is 0.751. The minimum absolute atomic E-state index is 0.910. The Labute approximate surface area is 49.0 Å². The van der Waals surface area contributed by atoms with Crippen molar-refractivity contribution in [2.75, 3.05) is 6.26 Å². The van der Waals surface area contributed by atoms with Gasteiger partial charge >= 0.3 is 0 Å². The highest BCUT2D eigenvalue weighted by Crippen LogP contribution is 2.33. The SMILES string of the molecule is C=C1CC(SC)C1. The molecule has 0 radical (unpaired) electrons. The molecule has 0 unspecified atom stereocenters. The van der Waals surface area contributed by atoms with Gasteiger partial charge in [-0.05, 0) is 19.1 Å². The summed E-state index contributed by atoms with van der Waals surface area (Å²) in [5, 5.41) is 0.910. The van der Waals surface area contributed by atoms with Crippen molar-refractivity contribution < 1.29 is 0 Å². The zero-order valence-electron chi connectivity index (χ0n) is 4.61. The standard InChI is InChI=1S/C6H10S/c1-5-3-6(4-5)7-2/h6H,1,3-4H2,2H3. The van der Waals surface area contributed by atoms with Crippen LogP contribution in [0.5, 0.6) is 0 Å². The Morgan fingerprint density at radius 3 is 2.43 bits per heavy atom. The summed E-state index contributed by atoms with van der Waals surface area (Å²) >= 11 is 1.95. The Bertz CT molecular complexity index is 78.2. The number of hydrogen-bond donors (Lipinski definition) is 0. The summed E-state index contributed by atoms with van der Waals surface area (Å²) in [6.07, 6.45) is 4.69. The van der Waals surface area contributed by atoms with Gasteiger partial charge in [0.15, 0.2) is 0 Å². The Morgan fingerprint density at radius 1 is 1.71 bits per heavy atom. The van der Waals surface area contributed by atoms with Crippen molar-refractivity contribution in [1.82, 2.24) is 0 Å². The lowest BCUT2D eigenvalue weighted by Crippen LogP contribution is -2.15. The third-order valence-electron chi connectivity index (χ3n) is 1.37. The maximum atomic E-state index is 3.85. The van der Waals surface area contributed by atoms with Crippen molar-refractivity contribution in [1.29, 1.82) is 0 Å². The lowest BCUT2D eigenvalue weighted by atomic mass is 9.94. The smallest absolute Gasteiger partial charge is 0.0118 e. The molecular weight excluding hydrogens is 104 g/mol. The minimum Gasteiger partial charge on any atom is -0.161 e. The number of thioether (sulfide) groups is 1. The monoisotopic (exact) mass is 114 g/mol. The minimum atomic E-state index is 0.910. The van der Waals surface area contributed by atoms with Gasteiger partial charge in [0, 0.05) is 5.25 Å². The van der Waals surface area contributed by atoms with Crippen LogP contribution in [0.4, 0.5) is 0 Å². The number of hydrogen-bond acceptors (Lipinski definition) is 1. The van der Waals surface area contributed by atoms with Crippen molar-refractivity contribution in [3.8, 4) is 0 Å². The fraction of sp³-hybridized carbons (Fsp3) is 0.667. The van der Waals surface area contributed by atoms with E-state index in [-0.39, 0.29) is 0 Å². The molecular formula is C6H10S. The van der Waals surface area contributed by atoms with Gasteiger partial charge in [-0.25, -0.2) is 0 Å². The zero-order chi connectivity index (χ0) is 5.28. The molecule has 1 saturated carbocycles. The predicted molar refractivity (Wildman–Crippen MR) is 35.7 cm³/mol. The zero-order valence-corrected chi connectivity index (χ0v) is 5.42. The van der Waals surface area contributed by atoms with E-state index in [0.29, 0.717) is 0 Å². The molecule has 7 heavy (non-hydrogen) atoms. The lowest BCUT2D eigenvalue weighted by molar-refractivity contribution is 0.689. The van der Waals surface area contributed by atoms with Gasteiger partial charge < -0.3 is 0 Å². The number of rotatable bonds is 1. The molecule has 0 atom stereocenters. The summed E-state index contributed by atoms with van der Waals surface area (Å²) in [6, 6.07) is 0. The average Bonchev–Trinajstić information content (AvgIpc) is 1.58. The largest absolute Gasteiger partial charge is 0.161 e. The first-order chi connectivity index (χ1) is 3.33. The van der Waals surface area contributed by atoms with Crippen LogP contribution in [0, 0.1) is 0 Å². The Morgan fingerprint density at radius 2 is 2.29 bits per heavy atom. The van der Waals surface area contributed by atoms with E-state index in [2.05, 4.69) is 12.8 Å². The normalized spacial score (nSPS) is 22.1. The molecule has 0 aromatic heterocycles. The van der Waals surface area contributed by atoms with Crippen LogP contribution in [0.2, 0.25) is 0 Å². The van der Waals surface area contributed by atoms with Crippen molar-refractivity contribution >= 4 is 11.8 Å². The Hall–Kier alpha value is 0.0900. The topological polar surface area (TPSA) is 0 Å². The molecule has 1 rings (SSSR count). The first-order valence-corrected chi connectivity index (χ1v) is 3.81. The van der Waals surface area contributed by atoms with Crippen molar-refractivity contribution in [3.63, 3.8) is 0 Å². The van der Waals surface area contributed by atoms with Crippen molar-refractivity contribution in [3.05, 3.63) is 12.2 Å². The van der Waals surface area contributed by atoms with E-state index < -0.39 is 0 Å². The highest BCUT2D eigenvalue weighted by molar-refractivity contribution is 7.99. The number of allylic oxidation sites excluding steroid dienone is 1. The molecule has 1 heteroatoms. The van der Waals surface area contributed by atoms with Crippen molar-refractivity contribution in [2.45, 2.75) is 18.1 Å². The van der Waals surface area contributed by atoms with Crippen LogP contribution < -0.4 is 0 Å². The van der Waals surface area contributed by atoms with Gasteiger partial charge in [-0.2, -0.15) is 11.8 Å². The third kappa shape index (κ3) is 1.00. The first kappa shape index (κ1) is 5.23. The van der Waals surface area contributed by atoms with E-state index >= 15 is 0 Å². The highest BCUT2D eigenvalue weighted by Gasteiger charge is 2.18. The molecule has 0 nitrogen and oxygen atoms in total. The molecule has 0 spiro atoms. The molecule has 1 aliphatic carbocycles. The molecule has 0 aliphatic heterocycles. The molecule has 0 bridgehead atoms. The highest BCUT2D eigenvalue weighted by atomic mass is 32.2. The van der Waals surface area contributed by atoms with Gasteiger partial charge in [0.05, 0.1) is 0 Å². The van der Waals surface area contributed by atoms with Gasteiger partial charge in [-0.1, -0.05) is 12.2 Å². The van der Waals surface area contributed by atoms with E-state index in [1.807, 2.05) is 11.8 Å². The summed E-state index contributed by atoms with van der Waals surface area (Å²) in [4.78, 5) is 0. The Kier molecular flexibility index (Phi) is 1.43. The molecule has 0 aromatic rings. The van der Waals surface area contributed by atoms with Crippen LogP contribution in [-0.2, 0) is 0 Å². The van der Waals surface area contributed by atoms with E-state index in [1.165, 1.54) is 18.4 Å². The van der Waals surface area contributed by atoms with E-state index in [1.54, 1.807) is 0 Å². The first-order valence-electron chi connectivity index (χ1n) is 2.52. The van der Waals surface area contributed by atoms with E-state index in [9.17, 15) is 0 Å². The van der Waals surface area contributed by atoms with Crippen LogP contribution in [0.25, 0.3) is 0 Å². The predicted octanol–water partition coefficient (Wildman–Crippen LogP) is 2.07. The quantitative estimate of drug-likeness (QED) is 0.470. The van der Waals surface area contributed by atoms with Crippen LogP contribution in [0.3, 0.4) is 0 Å². The summed E-state index contributed by atoms with van der Waals surface area (Å²) in [5.74, 6) is 0. The maximum Gasteiger partial charge on any atom is 0.0118 e. The maximum absolute atomic E-state index is 3.85. The van der Waals surface area contributed by atoms with Crippen LogP contribution in [0.15, 0.2) is 12.2 Å². The van der Waals surface area contributed by atoms with Crippen LogP contribution in [-0.4, -0.2) is 11.5 Å². The van der Waals surface area contributed by atoms with Crippen LogP contribution >= 0.6 is 11.8 Å². The molecule has 0 aromatic carbocycles.